The zero-order chi connectivity index (χ0) is 14.9. The number of hydrogen-bond donors (Lipinski definition) is 1. The van der Waals surface area contributed by atoms with Crippen molar-refractivity contribution in [3.05, 3.63) is 29.3 Å². The van der Waals surface area contributed by atoms with E-state index >= 15 is 0 Å². The average molecular weight is 284 g/mol. The van der Waals surface area contributed by atoms with Crippen LogP contribution in [-0.4, -0.2) is 24.2 Å². The van der Waals surface area contributed by atoms with E-state index in [1.165, 1.54) is 12.1 Å². The van der Waals surface area contributed by atoms with Gasteiger partial charge in [-0.3, -0.25) is 4.79 Å². The maximum absolute atomic E-state index is 12.8. The number of halogens is 3. The second-order valence-corrected chi connectivity index (χ2v) is 4.71. The molecule has 0 amide bonds. The smallest absolute Gasteiger partial charge is 0.417 e. The van der Waals surface area contributed by atoms with Gasteiger partial charge >= 0.3 is 12.1 Å². The van der Waals surface area contributed by atoms with Gasteiger partial charge in [0.2, 0.25) is 0 Å². The Morgan fingerprint density at radius 3 is 2.60 bits per heavy atom. The van der Waals surface area contributed by atoms with Crippen molar-refractivity contribution < 1.29 is 23.1 Å². The summed E-state index contributed by atoms with van der Waals surface area (Å²) in [5.41, 5.74) is -1.01. The van der Waals surface area contributed by atoms with Crippen molar-refractivity contribution >= 4 is 11.7 Å². The van der Waals surface area contributed by atoms with E-state index in [9.17, 15) is 18.0 Å². The van der Waals surface area contributed by atoms with Crippen molar-refractivity contribution in [2.45, 2.75) is 12.6 Å². The van der Waals surface area contributed by atoms with Gasteiger partial charge in [0.15, 0.2) is 0 Å². The van der Waals surface area contributed by atoms with Crippen LogP contribution in [0.2, 0.25) is 0 Å². The molecule has 106 valence electrons. The molecule has 7 heteroatoms. The van der Waals surface area contributed by atoms with Crippen LogP contribution in [0.1, 0.15) is 17.5 Å². The fourth-order valence-electron chi connectivity index (χ4n) is 2.22. The summed E-state index contributed by atoms with van der Waals surface area (Å²) in [7, 11) is 0. The lowest BCUT2D eigenvalue weighted by molar-refractivity contribution is -0.138. The van der Waals surface area contributed by atoms with Crippen LogP contribution >= 0.6 is 0 Å². The van der Waals surface area contributed by atoms with Gasteiger partial charge in [-0.2, -0.15) is 18.4 Å². The minimum absolute atomic E-state index is 0.0128. The molecule has 0 aliphatic carbocycles. The van der Waals surface area contributed by atoms with Crippen molar-refractivity contribution in [3.63, 3.8) is 0 Å². The number of carbonyl (C=O) groups is 1. The van der Waals surface area contributed by atoms with Crippen LogP contribution in [0.25, 0.3) is 0 Å². The highest BCUT2D eigenvalue weighted by atomic mass is 19.4. The summed E-state index contributed by atoms with van der Waals surface area (Å²) >= 11 is 0. The molecule has 1 aromatic carbocycles. The van der Waals surface area contributed by atoms with Crippen LogP contribution in [0.4, 0.5) is 18.9 Å². The monoisotopic (exact) mass is 284 g/mol. The number of aliphatic carboxylic acids is 1. The Kier molecular flexibility index (Phi) is 3.57. The predicted octanol–water partition coefficient (Wildman–Crippen LogP) is 2.49. The summed E-state index contributed by atoms with van der Waals surface area (Å²) in [5, 5.41) is 17.3. The molecule has 0 saturated carbocycles. The van der Waals surface area contributed by atoms with E-state index in [-0.39, 0.29) is 12.3 Å². The van der Waals surface area contributed by atoms with Crippen LogP contribution < -0.4 is 4.90 Å². The van der Waals surface area contributed by atoms with Gasteiger partial charge in [0.25, 0.3) is 0 Å². The molecule has 0 atom stereocenters. The number of carboxylic acid groups (broad SMARTS) is 1. The van der Waals surface area contributed by atoms with Gasteiger partial charge in [-0.25, -0.2) is 0 Å². The molecule has 1 fully saturated rings. The topological polar surface area (TPSA) is 64.3 Å². The van der Waals surface area contributed by atoms with Gasteiger partial charge in [-0.15, -0.1) is 0 Å². The number of carboxylic acids is 1. The third kappa shape index (κ3) is 2.85. The molecule has 1 saturated heterocycles. The zero-order valence-electron chi connectivity index (χ0n) is 10.3. The SMILES string of the molecule is N#Cc1ccc(N2CC(CC(=O)O)C2)cc1C(F)(F)F. The Morgan fingerprint density at radius 1 is 1.45 bits per heavy atom. The zero-order valence-corrected chi connectivity index (χ0v) is 10.3. The predicted molar refractivity (Wildman–Crippen MR) is 64.1 cm³/mol. The minimum Gasteiger partial charge on any atom is -0.481 e. The quantitative estimate of drug-likeness (QED) is 0.926. The van der Waals surface area contributed by atoms with Gasteiger partial charge in [0, 0.05) is 24.7 Å². The van der Waals surface area contributed by atoms with Gasteiger partial charge in [0.05, 0.1) is 23.6 Å². The molecule has 4 nitrogen and oxygen atoms in total. The van der Waals surface area contributed by atoms with Crippen molar-refractivity contribution in [3.8, 4) is 6.07 Å². The van der Waals surface area contributed by atoms with Crippen LogP contribution in [0.5, 0.6) is 0 Å². The van der Waals surface area contributed by atoms with E-state index in [0.29, 0.717) is 18.8 Å². The van der Waals surface area contributed by atoms with Gasteiger partial charge in [0.1, 0.15) is 0 Å². The number of hydrogen-bond acceptors (Lipinski definition) is 3. The standard InChI is InChI=1S/C13H11F3N2O2/c14-13(15,16)11-4-10(2-1-9(11)5-17)18-6-8(7-18)3-12(19)20/h1-2,4,8H,3,6-7H2,(H,19,20). The number of nitrogens with zero attached hydrogens (tertiary/aromatic N) is 2. The van der Waals surface area contributed by atoms with E-state index < -0.39 is 23.3 Å². The molecular formula is C13H11F3N2O2. The molecule has 1 aliphatic heterocycles. The number of benzene rings is 1. The largest absolute Gasteiger partial charge is 0.481 e. The normalized spacial score (nSPS) is 15.6. The second-order valence-electron chi connectivity index (χ2n) is 4.71. The molecule has 1 N–H and O–H groups in total. The molecule has 0 spiro atoms. The van der Waals surface area contributed by atoms with Crippen molar-refractivity contribution in [1.82, 2.24) is 0 Å². The first-order chi connectivity index (χ1) is 9.31. The molecule has 2 rings (SSSR count). The Bertz CT molecular complexity index is 572. The molecule has 1 heterocycles. The lowest BCUT2D eigenvalue weighted by Gasteiger charge is -2.40. The van der Waals surface area contributed by atoms with E-state index in [0.717, 1.165) is 12.1 Å². The highest BCUT2D eigenvalue weighted by Crippen LogP contribution is 2.36. The molecule has 1 aliphatic rings. The molecule has 20 heavy (non-hydrogen) atoms. The van der Waals surface area contributed by atoms with Gasteiger partial charge in [-0.1, -0.05) is 0 Å². The van der Waals surface area contributed by atoms with Crippen LogP contribution in [0.3, 0.4) is 0 Å². The maximum atomic E-state index is 12.8. The fraction of sp³-hybridized carbons (Fsp3) is 0.385. The third-order valence-electron chi connectivity index (χ3n) is 3.21. The number of rotatable bonds is 3. The first kappa shape index (κ1) is 14.2. The Morgan fingerprint density at radius 2 is 2.10 bits per heavy atom. The molecular weight excluding hydrogens is 273 g/mol. The summed E-state index contributed by atoms with van der Waals surface area (Å²) in [5.74, 6) is -0.956. The first-order valence-electron chi connectivity index (χ1n) is 5.89. The van der Waals surface area contributed by atoms with Crippen molar-refractivity contribution in [2.24, 2.45) is 5.92 Å². The van der Waals surface area contributed by atoms with Crippen LogP contribution in [0, 0.1) is 17.2 Å². The summed E-state index contributed by atoms with van der Waals surface area (Å²) in [6.45, 7) is 0.824. The molecule has 0 unspecified atom stereocenters. The molecule has 0 radical (unpaired) electrons. The third-order valence-corrected chi connectivity index (χ3v) is 3.21. The summed E-state index contributed by atoms with van der Waals surface area (Å²) in [4.78, 5) is 12.2. The van der Waals surface area contributed by atoms with Crippen LogP contribution in [-0.2, 0) is 11.0 Å². The number of nitriles is 1. The van der Waals surface area contributed by atoms with Crippen molar-refractivity contribution in [1.29, 1.82) is 5.26 Å². The summed E-state index contributed by atoms with van der Waals surface area (Å²) < 4.78 is 38.4. The molecule has 0 aromatic heterocycles. The Hall–Kier alpha value is -2.23. The van der Waals surface area contributed by atoms with Gasteiger partial charge in [-0.05, 0) is 18.2 Å². The highest BCUT2D eigenvalue weighted by molar-refractivity contribution is 5.68. The van der Waals surface area contributed by atoms with Crippen molar-refractivity contribution in [2.75, 3.05) is 18.0 Å². The lowest BCUT2D eigenvalue weighted by atomic mass is 9.95. The minimum atomic E-state index is -4.58. The average Bonchev–Trinajstić information content (AvgIpc) is 2.31. The number of anilines is 1. The van der Waals surface area contributed by atoms with Gasteiger partial charge < -0.3 is 10.0 Å². The Balaban J connectivity index is 2.16. The molecule has 0 bridgehead atoms. The highest BCUT2D eigenvalue weighted by Gasteiger charge is 2.35. The van der Waals surface area contributed by atoms with E-state index in [2.05, 4.69) is 0 Å². The molecule has 1 aromatic rings. The maximum Gasteiger partial charge on any atom is 0.417 e. The second kappa shape index (κ2) is 5.04. The fourth-order valence-corrected chi connectivity index (χ4v) is 2.22. The first-order valence-corrected chi connectivity index (χ1v) is 5.89. The summed E-state index contributed by atoms with van der Waals surface area (Å²) in [6, 6.07) is 5.05. The lowest BCUT2D eigenvalue weighted by Crippen LogP contribution is -2.47. The number of alkyl halides is 3. The van der Waals surface area contributed by atoms with Crippen LogP contribution in [0.15, 0.2) is 18.2 Å². The van der Waals surface area contributed by atoms with E-state index in [4.69, 9.17) is 10.4 Å². The van der Waals surface area contributed by atoms with E-state index in [1.54, 1.807) is 4.90 Å². The van der Waals surface area contributed by atoms with E-state index in [1.807, 2.05) is 0 Å². The Labute approximate surface area is 113 Å². The summed E-state index contributed by atoms with van der Waals surface area (Å²) in [6.07, 6.45) is -4.56.